The summed E-state index contributed by atoms with van der Waals surface area (Å²) in [4.78, 5) is 35.5. The molecule has 0 fully saturated rings. The molecule has 0 heterocycles. The molecule has 3 N–H and O–H groups in total. The molecular weight excluding hydrogens is 420 g/mol. The first-order valence-corrected chi connectivity index (χ1v) is 8.77. The molecule has 0 aliphatic heterocycles. The molecule has 0 aliphatic rings. The normalized spacial score (nSPS) is 14.1. The highest BCUT2D eigenvalue weighted by molar-refractivity contribution is 6.02. The molecule has 30 heavy (non-hydrogen) atoms. The highest BCUT2D eigenvalue weighted by Crippen LogP contribution is 2.29. The fraction of sp³-hybridized carbons (Fsp3) is 0.500. The zero-order chi connectivity index (χ0) is 23.3. The summed E-state index contributed by atoms with van der Waals surface area (Å²) in [5.41, 5.74) is -0.737. The Morgan fingerprint density at radius 3 is 1.87 bits per heavy atom. The number of benzene rings is 1. The Hall–Kier alpha value is -2.79. The van der Waals surface area contributed by atoms with Crippen LogP contribution in [-0.4, -0.2) is 36.0 Å². The summed E-state index contributed by atoms with van der Waals surface area (Å²) in [7, 11) is 0. The van der Waals surface area contributed by atoms with Gasteiger partial charge in [-0.05, 0) is 43.5 Å². The lowest BCUT2D eigenvalue weighted by molar-refractivity contribution is -0.175. The molecule has 1 rings (SSSR count). The Bertz CT molecular complexity index is 760. The number of carbonyl (C=O) groups is 3. The molecule has 0 unspecified atom stereocenters. The molecule has 0 saturated heterocycles. The maximum atomic E-state index is 12.6. The second-order valence-corrected chi connectivity index (χ2v) is 6.95. The molecule has 3 amide bonds. The molecule has 0 saturated carbocycles. The zero-order valence-corrected chi connectivity index (χ0v) is 16.2. The van der Waals surface area contributed by atoms with Crippen LogP contribution >= 0.6 is 0 Å². The van der Waals surface area contributed by atoms with Crippen LogP contribution in [0.5, 0.6) is 0 Å². The van der Waals surface area contributed by atoms with E-state index in [1.54, 1.807) is 19.2 Å². The Balaban J connectivity index is 2.77. The van der Waals surface area contributed by atoms with Crippen LogP contribution in [0, 0.1) is 5.92 Å². The smallest absolute Gasteiger partial charge is 0.374 e. The van der Waals surface area contributed by atoms with Crippen LogP contribution in [0.2, 0.25) is 0 Å². The number of imide groups is 1. The Morgan fingerprint density at radius 2 is 1.43 bits per heavy atom. The SMILES string of the molecule is CC(C)C[C@H](NC(=O)C(F)(F)F)C(=O)NC(=O)[C@H](C)Nc1ccc(C(F)(F)F)cc1. The number of carbonyl (C=O) groups excluding carboxylic acids is 3. The molecule has 1 aromatic rings. The van der Waals surface area contributed by atoms with Crippen molar-refractivity contribution in [3.63, 3.8) is 0 Å². The second kappa shape index (κ2) is 9.81. The van der Waals surface area contributed by atoms with Gasteiger partial charge in [-0.2, -0.15) is 26.3 Å². The number of halogens is 6. The summed E-state index contributed by atoms with van der Waals surface area (Å²) in [6.07, 6.45) is -9.88. The van der Waals surface area contributed by atoms with Crippen LogP contribution in [0.15, 0.2) is 24.3 Å². The van der Waals surface area contributed by atoms with Crippen LogP contribution in [0.1, 0.15) is 32.8 Å². The third-order valence-electron chi connectivity index (χ3n) is 3.82. The van der Waals surface area contributed by atoms with E-state index in [9.17, 15) is 40.7 Å². The molecule has 0 bridgehead atoms. The maximum Gasteiger partial charge on any atom is 0.471 e. The van der Waals surface area contributed by atoms with E-state index < -0.39 is 47.7 Å². The number of hydrogen-bond donors (Lipinski definition) is 3. The van der Waals surface area contributed by atoms with Crippen LogP contribution in [0.3, 0.4) is 0 Å². The van der Waals surface area contributed by atoms with Crippen LogP contribution in [0.25, 0.3) is 0 Å². The van der Waals surface area contributed by atoms with E-state index >= 15 is 0 Å². The molecule has 0 aliphatic carbocycles. The zero-order valence-electron chi connectivity index (χ0n) is 16.2. The number of nitrogens with one attached hydrogen (secondary N) is 3. The molecule has 2 atom stereocenters. The van der Waals surface area contributed by atoms with Gasteiger partial charge >= 0.3 is 18.3 Å². The van der Waals surface area contributed by atoms with Crippen molar-refractivity contribution in [2.45, 2.75) is 51.6 Å². The fourth-order valence-electron chi connectivity index (χ4n) is 2.33. The lowest BCUT2D eigenvalue weighted by atomic mass is 10.0. The van der Waals surface area contributed by atoms with Gasteiger partial charge in [0.15, 0.2) is 0 Å². The summed E-state index contributed by atoms with van der Waals surface area (Å²) in [5, 5.41) is 6.01. The van der Waals surface area contributed by atoms with Crippen molar-refractivity contribution in [1.29, 1.82) is 0 Å². The predicted octanol–water partition coefficient (Wildman–Crippen LogP) is 3.24. The number of anilines is 1. The molecule has 168 valence electrons. The van der Waals surface area contributed by atoms with E-state index in [2.05, 4.69) is 5.32 Å². The van der Waals surface area contributed by atoms with E-state index in [0.717, 1.165) is 24.3 Å². The van der Waals surface area contributed by atoms with Crippen LogP contribution in [0.4, 0.5) is 32.0 Å². The van der Waals surface area contributed by atoms with Crippen molar-refractivity contribution in [1.82, 2.24) is 10.6 Å². The summed E-state index contributed by atoms with van der Waals surface area (Å²) in [6.45, 7) is 4.51. The van der Waals surface area contributed by atoms with E-state index in [4.69, 9.17) is 0 Å². The van der Waals surface area contributed by atoms with Gasteiger partial charge in [0.25, 0.3) is 0 Å². The molecule has 6 nitrogen and oxygen atoms in total. The Kier molecular flexibility index (Phi) is 8.25. The first-order chi connectivity index (χ1) is 13.6. The number of hydrogen-bond acceptors (Lipinski definition) is 4. The molecule has 12 heteroatoms. The molecular formula is C18H21F6N3O3. The van der Waals surface area contributed by atoms with E-state index in [0.29, 0.717) is 0 Å². The molecule has 1 aromatic carbocycles. The van der Waals surface area contributed by atoms with Crippen LogP contribution < -0.4 is 16.0 Å². The monoisotopic (exact) mass is 441 g/mol. The second-order valence-electron chi connectivity index (χ2n) is 6.95. The third kappa shape index (κ3) is 7.91. The molecule has 0 spiro atoms. The molecule has 0 aromatic heterocycles. The van der Waals surface area contributed by atoms with Crippen molar-refractivity contribution in [2.75, 3.05) is 5.32 Å². The van der Waals surface area contributed by atoms with Crippen LogP contribution in [-0.2, 0) is 20.6 Å². The van der Waals surface area contributed by atoms with Crippen molar-refractivity contribution < 1.29 is 40.7 Å². The van der Waals surface area contributed by atoms with Gasteiger partial charge in [0, 0.05) is 5.69 Å². The van der Waals surface area contributed by atoms with Gasteiger partial charge in [-0.25, -0.2) is 0 Å². The molecule has 0 radical (unpaired) electrons. The van der Waals surface area contributed by atoms with Crippen molar-refractivity contribution >= 4 is 23.4 Å². The van der Waals surface area contributed by atoms with Gasteiger partial charge in [-0.3, -0.25) is 19.7 Å². The summed E-state index contributed by atoms with van der Waals surface area (Å²) in [6, 6.07) is 1.05. The number of amides is 3. The quantitative estimate of drug-likeness (QED) is 0.567. The largest absolute Gasteiger partial charge is 0.471 e. The first kappa shape index (κ1) is 25.2. The topological polar surface area (TPSA) is 87.3 Å². The van der Waals surface area contributed by atoms with Gasteiger partial charge in [-0.1, -0.05) is 13.8 Å². The lowest BCUT2D eigenvalue weighted by Crippen LogP contribution is -2.53. The van der Waals surface area contributed by atoms with Crippen molar-refractivity contribution in [3.05, 3.63) is 29.8 Å². The van der Waals surface area contributed by atoms with E-state index in [-0.39, 0.29) is 18.0 Å². The average Bonchev–Trinajstić information content (AvgIpc) is 2.59. The van der Waals surface area contributed by atoms with E-state index in [1.807, 2.05) is 5.32 Å². The summed E-state index contributed by atoms with van der Waals surface area (Å²) >= 11 is 0. The predicted molar refractivity (Wildman–Crippen MR) is 95.1 cm³/mol. The van der Waals surface area contributed by atoms with Gasteiger partial charge in [0.2, 0.25) is 11.8 Å². The van der Waals surface area contributed by atoms with Gasteiger partial charge < -0.3 is 10.6 Å². The number of alkyl halides is 6. The Morgan fingerprint density at radius 1 is 0.900 bits per heavy atom. The lowest BCUT2D eigenvalue weighted by Gasteiger charge is -2.22. The minimum atomic E-state index is -5.20. The Labute approximate surface area is 168 Å². The summed E-state index contributed by atoms with van der Waals surface area (Å²) in [5.74, 6) is -4.65. The highest BCUT2D eigenvalue weighted by atomic mass is 19.4. The van der Waals surface area contributed by atoms with Gasteiger partial charge in [0.05, 0.1) is 5.56 Å². The third-order valence-corrected chi connectivity index (χ3v) is 3.82. The minimum absolute atomic E-state index is 0.151. The van der Waals surface area contributed by atoms with Gasteiger partial charge in [-0.15, -0.1) is 0 Å². The first-order valence-electron chi connectivity index (χ1n) is 8.77. The fourth-order valence-corrected chi connectivity index (χ4v) is 2.33. The van der Waals surface area contributed by atoms with Gasteiger partial charge in [0.1, 0.15) is 12.1 Å². The maximum absolute atomic E-state index is 12.6. The van der Waals surface area contributed by atoms with Crippen molar-refractivity contribution in [3.8, 4) is 0 Å². The summed E-state index contributed by atoms with van der Waals surface area (Å²) < 4.78 is 75.0. The highest BCUT2D eigenvalue weighted by Gasteiger charge is 2.41. The average molecular weight is 441 g/mol. The number of rotatable bonds is 7. The minimum Gasteiger partial charge on any atom is -0.374 e. The van der Waals surface area contributed by atoms with Crippen molar-refractivity contribution in [2.24, 2.45) is 5.92 Å². The van der Waals surface area contributed by atoms with E-state index in [1.165, 1.54) is 6.92 Å². The standard InChI is InChI=1S/C18H21F6N3O3/c1-9(2)8-13(26-16(30)18(22,23)24)15(29)27-14(28)10(3)25-12-6-4-11(5-7-12)17(19,20)21/h4-7,9-10,13,25H,8H2,1-3H3,(H,26,30)(H,27,28,29)/t10-,13-/m0/s1.